The van der Waals surface area contributed by atoms with Crippen molar-refractivity contribution < 1.29 is 0 Å². The third-order valence-corrected chi connectivity index (χ3v) is 4.45. The van der Waals surface area contributed by atoms with Gasteiger partial charge in [0.1, 0.15) is 10.8 Å². The molecule has 0 saturated heterocycles. The molecule has 3 nitrogen and oxygen atoms in total. The van der Waals surface area contributed by atoms with Gasteiger partial charge >= 0.3 is 0 Å². The summed E-state index contributed by atoms with van der Waals surface area (Å²) >= 11 is 8.60. The Balaban J connectivity index is 1.84. The molecule has 5 heteroatoms. The molecule has 0 fully saturated rings. The first-order valence-electron chi connectivity index (χ1n) is 7.25. The molecule has 0 bridgehead atoms. The maximum absolute atomic E-state index is 5.82. The Labute approximate surface area is 149 Å². The van der Waals surface area contributed by atoms with Gasteiger partial charge in [0.25, 0.3) is 0 Å². The molecule has 3 rings (SSSR count). The number of imidazole rings is 1. The number of hydrogen-bond donors (Lipinski definition) is 1. The van der Waals surface area contributed by atoms with Crippen molar-refractivity contribution in [2.75, 3.05) is 0 Å². The molecule has 1 aromatic heterocycles. The molecular formula is C18H16BrN3S. The molecule has 23 heavy (non-hydrogen) atoms. The lowest BCUT2D eigenvalue weighted by Gasteiger charge is -2.11. The second-order valence-electron chi connectivity index (χ2n) is 5.30. The smallest absolute Gasteiger partial charge is 0.113 e. The predicted octanol–water partition coefficient (Wildman–Crippen LogP) is 3.92. The molecule has 0 radical (unpaired) electrons. The number of halogens is 1. The Kier molecular flexibility index (Phi) is 4.88. The van der Waals surface area contributed by atoms with Crippen molar-refractivity contribution in [3.8, 4) is 0 Å². The van der Waals surface area contributed by atoms with Crippen LogP contribution < -0.4 is 5.73 Å². The standard InChI is InChI=1S/C18H16BrN3S/c19-15-7-5-13(6-8-15)11-17-21-9-10-22(17)12-14-3-1-2-4-16(14)18(20)23/h1-10H,11-12H2,(H2,20,23). The first-order valence-corrected chi connectivity index (χ1v) is 8.46. The van der Waals surface area contributed by atoms with Crippen LogP contribution in [-0.2, 0) is 13.0 Å². The van der Waals surface area contributed by atoms with E-state index in [0.29, 0.717) is 11.5 Å². The lowest BCUT2D eigenvalue weighted by molar-refractivity contribution is 0.739. The van der Waals surface area contributed by atoms with Gasteiger partial charge in [-0.25, -0.2) is 4.98 Å². The SMILES string of the molecule is NC(=S)c1ccccc1Cn1ccnc1Cc1ccc(Br)cc1. The van der Waals surface area contributed by atoms with E-state index in [1.807, 2.05) is 42.7 Å². The summed E-state index contributed by atoms with van der Waals surface area (Å²) in [6.07, 6.45) is 4.61. The van der Waals surface area contributed by atoms with E-state index in [1.54, 1.807) is 0 Å². The summed E-state index contributed by atoms with van der Waals surface area (Å²) in [5.41, 5.74) is 9.08. The Morgan fingerprint density at radius 1 is 1.13 bits per heavy atom. The number of thiocarbonyl (C=S) groups is 1. The fraction of sp³-hybridized carbons (Fsp3) is 0.111. The topological polar surface area (TPSA) is 43.8 Å². The second-order valence-corrected chi connectivity index (χ2v) is 6.65. The number of nitrogens with two attached hydrogens (primary N) is 1. The molecule has 0 spiro atoms. The van der Waals surface area contributed by atoms with Gasteiger partial charge in [0.05, 0.1) is 0 Å². The highest BCUT2D eigenvalue weighted by Crippen LogP contribution is 2.16. The number of aromatic nitrogens is 2. The van der Waals surface area contributed by atoms with Crippen molar-refractivity contribution in [1.29, 1.82) is 0 Å². The molecule has 0 unspecified atom stereocenters. The first kappa shape index (κ1) is 15.9. The molecule has 0 aliphatic carbocycles. The van der Waals surface area contributed by atoms with Gasteiger partial charge in [0.15, 0.2) is 0 Å². The van der Waals surface area contributed by atoms with E-state index in [2.05, 4.69) is 43.7 Å². The van der Waals surface area contributed by atoms with Gasteiger partial charge in [-0.2, -0.15) is 0 Å². The van der Waals surface area contributed by atoms with E-state index in [-0.39, 0.29) is 0 Å². The summed E-state index contributed by atoms with van der Waals surface area (Å²) in [4.78, 5) is 4.92. The molecule has 2 N–H and O–H groups in total. The van der Waals surface area contributed by atoms with Gasteiger partial charge in [-0.3, -0.25) is 0 Å². The number of rotatable bonds is 5. The highest BCUT2D eigenvalue weighted by molar-refractivity contribution is 9.10. The fourth-order valence-corrected chi connectivity index (χ4v) is 2.98. The average Bonchev–Trinajstić information content (AvgIpc) is 2.97. The van der Waals surface area contributed by atoms with E-state index in [9.17, 15) is 0 Å². The lowest BCUT2D eigenvalue weighted by atomic mass is 10.1. The minimum absolute atomic E-state index is 0.426. The number of nitrogens with zero attached hydrogens (tertiary/aromatic N) is 2. The normalized spacial score (nSPS) is 10.7. The predicted molar refractivity (Wildman–Crippen MR) is 101 cm³/mol. The van der Waals surface area contributed by atoms with Gasteiger partial charge in [-0.1, -0.05) is 64.5 Å². The van der Waals surface area contributed by atoms with Gasteiger partial charge in [0, 0.05) is 35.4 Å². The van der Waals surface area contributed by atoms with Gasteiger partial charge in [-0.05, 0) is 23.3 Å². The van der Waals surface area contributed by atoms with E-state index in [4.69, 9.17) is 18.0 Å². The monoisotopic (exact) mass is 385 g/mol. The maximum Gasteiger partial charge on any atom is 0.113 e. The van der Waals surface area contributed by atoms with Crippen LogP contribution in [0.15, 0.2) is 65.4 Å². The zero-order valence-corrected chi connectivity index (χ0v) is 14.8. The average molecular weight is 386 g/mol. The molecule has 0 aliphatic heterocycles. The Bertz CT molecular complexity index is 824. The molecule has 0 saturated carbocycles. The molecule has 2 aromatic carbocycles. The Morgan fingerprint density at radius 3 is 2.61 bits per heavy atom. The van der Waals surface area contributed by atoms with Crippen LogP contribution in [-0.4, -0.2) is 14.5 Å². The third kappa shape index (κ3) is 3.86. The van der Waals surface area contributed by atoms with E-state index in [1.165, 1.54) is 5.56 Å². The minimum atomic E-state index is 0.426. The summed E-state index contributed by atoms with van der Waals surface area (Å²) in [5, 5.41) is 0. The summed E-state index contributed by atoms with van der Waals surface area (Å²) in [6, 6.07) is 16.3. The van der Waals surface area contributed by atoms with Gasteiger partial charge < -0.3 is 10.3 Å². The van der Waals surface area contributed by atoms with Crippen LogP contribution in [0.25, 0.3) is 0 Å². The fourth-order valence-electron chi connectivity index (χ4n) is 2.52. The van der Waals surface area contributed by atoms with Crippen molar-refractivity contribution in [2.45, 2.75) is 13.0 Å². The van der Waals surface area contributed by atoms with Crippen molar-refractivity contribution in [3.63, 3.8) is 0 Å². The molecule has 0 amide bonds. The summed E-state index contributed by atoms with van der Waals surface area (Å²) in [7, 11) is 0. The van der Waals surface area contributed by atoms with Crippen LogP contribution >= 0.6 is 28.1 Å². The van der Waals surface area contributed by atoms with Crippen LogP contribution in [0.3, 0.4) is 0 Å². The quantitative estimate of drug-likeness (QED) is 0.676. The first-order chi connectivity index (χ1) is 11.1. The Morgan fingerprint density at radius 2 is 1.87 bits per heavy atom. The molecule has 3 aromatic rings. The van der Waals surface area contributed by atoms with Crippen LogP contribution in [0.4, 0.5) is 0 Å². The number of benzene rings is 2. The molecular weight excluding hydrogens is 370 g/mol. The summed E-state index contributed by atoms with van der Waals surface area (Å²) < 4.78 is 3.22. The van der Waals surface area contributed by atoms with Crippen molar-refractivity contribution in [2.24, 2.45) is 5.73 Å². The van der Waals surface area contributed by atoms with E-state index < -0.39 is 0 Å². The molecule has 116 valence electrons. The van der Waals surface area contributed by atoms with E-state index in [0.717, 1.165) is 27.8 Å². The second kappa shape index (κ2) is 7.06. The maximum atomic E-state index is 5.82. The molecule has 1 heterocycles. The van der Waals surface area contributed by atoms with Crippen LogP contribution in [0.1, 0.15) is 22.5 Å². The largest absolute Gasteiger partial charge is 0.389 e. The highest BCUT2D eigenvalue weighted by atomic mass is 79.9. The molecule has 0 aliphatic rings. The van der Waals surface area contributed by atoms with Crippen LogP contribution in [0, 0.1) is 0 Å². The summed E-state index contributed by atoms with van der Waals surface area (Å²) in [5.74, 6) is 1.02. The third-order valence-electron chi connectivity index (χ3n) is 3.70. The highest BCUT2D eigenvalue weighted by Gasteiger charge is 2.09. The van der Waals surface area contributed by atoms with Crippen molar-refractivity contribution >= 4 is 33.1 Å². The minimum Gasteiger partial charge on any atom is -0.389 e. The van der Waals surface area contributed by atoms with Crippen LogP contribution in [0.2, 0.25) is 0 Å². The zero-order valence-electron chi connectivity index (χ0n) is 12.4. The Hall–Kier alpha value is -1.98. The summed E-state index contributed by atoms with van der Waals surface area (Å²) in [6.45, 7) is 0.708. The van der Waals surface area contributed by atoms with Crippen LogP contribution in [0.5, 0.6) is 0 Å². The number of hydrogen-bond acceptors (Lipinski definition) is 2. The van der Waals surface area contributed by atoms with Gasteiger partial charge in [-0.15, -0.1) is 0 Å². The van der Waals surface area contributed by atoms with E-state index >= 15 is 0 Å². The van der Waals surface area contributed by atoms with Crippen molar-refractivity contribution in [3.05, 3.63) is 87.9 Å². The molecule has 0 atom stereocenters. The lowest BCUT2D eigenvalue weighted by Crippen LogP contribution is -2.14. The zero-order chi connectivity index (χ0) is 16.2. The van der Waals surface area contributed by atoms with Gasteiger partial charge in [0.2, 0.25) is 0 Å². The van der Waals surface area contributed by atoms with Crippen molar-refractivity contribution in [1.82, 2.24) is 9.55 Å².